The fraction of sp³-hybridized carbons (Fsp3) is 0.556. The Bertz CT molecular complexity index is 374. The Hall–Kier alpha value is -0.620. The van der Waals surface area contributed by atoms with Gasteiger partial charge < -0.3 is 10.4 Å². The van der Waals surface area contributed by atoms with Crippen molar-refractivity contribution in [3.63, 3.8) is 0 Å². The molecule has 2 rings (SSSR count). The highest BCUT2D eigenvalue weighted by atomic mass is 79.9. The zero-order valence-corrected chi connectivity index (χ0v) is 10.4. The number of halogens is 1. The lowest BCUT2D eigenvalue weighted by molar-refractivity contribution is 0.0701. The van der Waals surface area contributed by atoms with E-state index in [0.29, 0.717) is 15.8 Å². The maximum absolute atomic E-state index is 10.8. The summed E-state index contributed by atoms with van der Waals surface area (Å²) in [4.78, 5) is 15.2. The predicted molar refractivity (Wildman–Crippen MR) is 62.7 cm³/mol. The third-order valence-corrected chi connectivity index (χ3v) is 4.27. The van der Waals surface area contributed by atoms with Crippen LogP contribution in [-0.2, 0) is 0 Å². The molecule has 1 aliphatic rings. The quantitative estimate of drug-likeness (QED) is 0.898. The highest BCUT2D eigenvalue weighted by Gasteiger charge is 2.19. The van der Waals surface area contributed by atoms with Crippen molar-refractivity contribution in [3.8, 4) is 0 Å². The molecule has 1 aromatic rings. The molecule has 82 valence electrons. The van der Waals surface area contributed by atoms with Gasteiger partial charge in [0.25, 0.3) is 0 Å². The number of carboxylic acid groups (broad SMARTS) is 1. The summed E-state index contributed by atoms with van der Waals surface area (Å²) < 4.78 is 0.417. The first kappa shape index (κ1) is 10.9. The van der Waals surface area contributed by atoms with Gasteiger partial charge in [0.15, 0.2) is 5.13 Å². The molecule has 2 N–H and O–H groups in total. The summed E-state index contributed by atoms with van der Waals surface area (Å²) in [5, 5.41) is 12.8. The number of nitrogens with one attached hydrogen (secondary N) is 1. The lowest BCUT2D eigenvalue weighted by atomic mass is 10.3. The standard InChI is InChI=1S/C9H11BrN2O2S/c10-7-6(8(13)14)15-9(12-7)11-5-3-1-2-4-5/h5H,1-4H2,(H,11,12)(H,13,14). The van der Waals surface area contributed by atoms with Crippen molar-refractivity contribution in [1.82, 2.24) is 4.98 Å². The molecule has 0 aliphatic heterocycles. The molecule has 1 aromatic heterocycles. The summed E-state index contributed by atoms with van der Waals surface area (Å²) in [6.45, 7) is 0. The van der Waals surface area contributed by atoms with Crippen molar-refractivity contribution in [3.05, 3.63) is 9.48 Å². The summed E-state index contributed by atoms with van der Waals surface area (Å²) in [7, 11) is 0. The van der Waals surface area contributed by atoms with Crippen LogP contribution in [0.1, 0.15) is 35.4 Å². The second-order valence-electron chi connectivity index (χ2n) is 3.57. The summed E-state index contributed by atoms with van der Waals surface area (Å²) in [6, 6.07) is 0.463. The van der Waals surface area contributed by atoms with E-state index in [0.717, 1.165) is 12.8 Å². The van der Waals surface area contributed by atoms with E-state index in [1.807, 2.05) is 0 Å². The van der Waals surface area contributed by atoms with E-state index in [-0.39, 0.29) is 4.88 Å². The predicted octanol–water partition coefficient (Wildman–Crippen LogP) is 2.96. The number of carboxylic acids is 1. The second kappa shape index (κ2) is 4.49. The molecule has 15 heavy (non-hydrogen) atoms. The van der Waals surface area contributed by atoms with Crippen LogP contribution in [0.25, 0.3) is 0 Å². The van der Waals surface area contributed by atoms with E-state index in [1.54, 1.807) is 0 Å². The number of aromatic nitrogens is 1. The fourth-order valence-corrected chi connectivity index (χ4v) is 3.22. The highest BCUT2D eigenvalue weighted by Crippen LogP contribution is 2.30. The van der Waals surface area contributed by atoms with E-state index in [9.17, 15) is 4.79 Å². The number of hydrogen-bond donors (Lipinski definition) is 2. The van der Waals surface area contributed by atoms with Gasteiger partial charge in [0.2, 0.25) is 0 Å². The van der Waals surface area contributed by atoms with Gasteiger partial charge in [0.1, 0.15) is 9.48 Å². The van der Waals surface area contributed by atoms with Crippen molar-refractivity contribution < 1.29 is 9.90 Å². The van der Waals surface area contributed by atoms with Gasteiger partial charge in [0.05, 0.1) is 0 Å². The summed E-state index contributed by atoms with van der Waals surface area (Å²) in [5.41, 5.74) is 0. The molecule has 1 saturated carbocycles. The smallest absolute Gasteiger partial charge is 0.348 e. The average Bonchev–Trinajstić information content (AvgIpc) is 2.75. The number of aromatic carboxylic acids is 1. The Morgan fingerprint density at radius 1 is 1.53 bits per heavy atom. The minimum Gasteiger partial charge on any atom is -0.477 e. The number of anilines is 1. The summed E-state index contributed by atoms with van der Waals surface area (Å²) in [6.07, 6.45) is 4.80. The third-order valence-electron chi connectivity index (χ3n) is 2.46. The molecule has 4 nitrogen and oxygen atoms in total. The fourth-order valence-electron chi connectivity index (χ4n) is 1.74. The first-order valence-corrected chi connectivity index (χ1v) is 6.44. The number of carbonyl (C=O) groups is 1. The van der Waals surface area contributed by atoms with Gasteiger partial charge in [-0.3, -0.25) is 0 Å². The van der Waals surface area contributed by atoms with Crippen molar-refractivity contribution in [2.45, 2.75) is 31.7 Å². The van der Waals surface area contributed by atoms with Gasteiger partial charge >= 0.3 is 5.97 Å². The van der Waals surface area contributed by atoms with Gasteiger partial charge in [-0.05, 0) is 28.8 Å². The average molecular weight is 291 g/mol. The zero-order valence-electron chi connectivity index (χ0n) is 7.99. The molecule has 1 fully saturated rings. The molecule has 1 heterocycles. The van der Waals surface area contributed by atoms with Crippen molar-refractivity contribution in [1.29, 1.82) is 0 Å². The van der Waals surface area contributed by atoms with Gasteiger partial charge in [-0.2, -0.15) is 0 Å². The molecule has 0 spiro atoms. The normalized spacial score (nSPS) is 16.9. The van der Waals surface area contributed by atoms with Crippen LogP contribution in [0.5, 0.6) is 0 Å². The Balaban J connectivity index is 2.08. The van der Waals surface area contributed by atoms with Gasteiger partial charge in [0, 0.05) is 6.04 Å². The molecule has 0 unspecified atom stereocenters. The van der Waals surface area contributed by atoms with Crippen LogP contribution in [-0.4, -0.2) is 22.1 Å². The first-order valence-electron chi connectivity index (χ1n) is 4.83. The number of nitrogens with zero attached hydrogens (tertiary/aromatic N) is 1. The van der Waals surface area contributed by atoms with E-state index >= 15 is 0 Å². The van der Waals surface area contributed by atoms with E-state index < -0.39 is 5.97 Å². The lowest BCUT2D eigenvalue weighted by Crippen LogP contribution is -2.13. The number of thiazole rings is 1. The molecular formula is C9H11BrN2O2S. The second-order valence-corrected chi connectivity index (χ2v) is 5.32. The minimum absolute atomic E-state index is 0.260. The van der Waals surface area contributed by atoms with E-state index in [1.165, 1.54) is 24.2 Å². The van der Waals surface area contributed by atoms with Crippen LogP contribution < -0.4 is 5.32 Å². The molecule has 0 saturated heterocycles. The number of hydrogen-bond acceptors (Lipinski definition) is 4. The topological polar surface area (TPSA) is 62.2 Å². The molecular weight excluding hydrogens is 280 g/mol. The maximum atomic E-state index is 10.8. The van der Waals surface area contributed by atoms with Gasteiger partial charge in [-0.25, -0.2) is 9.78 Å². The van der Waals surface area contributed by atoms with Crippen LogP contribution in [0.3, 0.4) is 0 Å². The largest absolute Gasteiger partial charge is 0.477 e. The molecule has 0 radical (unpaired) electrons. The van der Waals surface area contributed by atoms with Gasteiger partial charge in [-0.1, -0.05) is 24.2 Å². The Labute approximate surface area is 99.8 Å². The third kappa shape index (κ3) is 2.49. The maximum Gasteiger partial charge on any atom is 0.348 e. The monoisotopic (exact) mass is 290 g/mol. The summed E-state index contributed by atoms with van der Waals surface area (Å²) >= 11 is 4.33. The lowest BCUT2D eigenvalue weighted by Gasteiger charge is -2.09. The zero-order chi connectivity index (χ0) is 10.8. The van der Waals surface area contributed by atoms with Crippen LogP contribution >= 0.6 is 27.3 Å². The molecule has 1 aliphatic carbocycles. The van der Waals surface area contributed by atoms with Crippen molar-refractivity contribution >= 4 is 38.4 Å². The van der Waals surface area contributed by atoms with E-state index in [2.05, 4.69) is 26.2 Å². The first-order chi connectivity index (χ1) is 7.16. The molecule has 0 amide bonds. The van der Waals surface area contributed by atoms with Crippen LogP contribution in [0.15, 0.2) is 4.60 Å². The SMILES string of the molecule is O=C(O)c1sc(NC2CCCC2)nc1Br. The van der Waals surface area contributed by atoms with E-state index in [4.69, 9.17) is 5.11 Å². The molecule has 0 bridgehead atoms. The Morgan fingerprint density at radius 3 is 2.73 bits per heavy atom. The molecule has 0 atom stereocenters. The minimum atomic E-state index is -0.932. The molecule has 6 heteroatoms. The Morgan fingerprint density at radius 2 is 2.20 bits per heavy atom. The number of rotatable bonds is 3. The van der Waals surface area contributed by atoms with Crippen LogP contribution in [0.2, 0.25) is 0 Å². The van der Waals surface area contributed by atoms with Crippen LogP contribution in [0.4, 0.5) is 5.13 Å². The van der Waals surface area contributed by atoms with Crippen molar-refractivity contribution in [2.75, 3.05) is 5.32 Å². The summed E-state index contributed by atoms with van der Waals surface area (Å²) in [5.74, 6) is -0.932. The Kier molecular flexibility index (Phi) is 3.25. The van der Waals surface area contributed by atoms with Crippen molar-refractivity contribution in [2.24, 2.45) is 0 Å². The van der Waals surface area contributed by atoms with Gasteiger partial charge in [-0.15, -0.1) is 0 Å². The highest BCUT2D eigenvalue weighted by molar-refractivity contribution is 9.10. The molecule has 0 aromatic carbocycles. The van der Waals surface area contributed by atoms with Crippen LogP contribution in [0, 0.1) is 0 Å².